The van der Waals surface area contributed by atoms with Gasteiger partial charge in [-0.2, -0.15) is 13.2 Å². The van der Waals surface area contributed by atoms with E-state index in [1.54, 1.807) is 6.92 Å². The molecular formula is C10H12ClF3N2O3. The number of ether oxygens (including phenoxy) is 1. The van der Waals surface area contributed by atoms with Gasteiger partial charge in [-0.05, 0) is 6.42 Å². The smallest absolute Gasteiger partial charge is 0.370 e. The topological polar surface area (TPSA) is 64.1 Å². The second kappa shape index (κ2) is 6.25. The summed E-state index contributed by atoms with van der Waals surface area (Å²) < 4.78 is 40.6. The lowest BCUT2D eigenvalue weighted by Crippen LogP contribution is -2.38. The maximum Gasteiger partial charge on any atom is 0.411 e. The molecule has 108 valence electrons. The molecule has 0 saturated heterocycles. The highest BCUT2D eigenvalue weighted by atomic mass is 35.5. The van der Waals surface area contributed by atoms with E-state index in [1.165, 1.54) is 0 Å². The van der Waals surface area contributed by atoms with Gasteiger partial charge in [0.2, 0.25) is 0 Å². The fourth-order valence-electron chi connectivity index (χ4n) is 1.44. The first-order valence-electron chi connectivity index (χ1n) is 5.42. The molecule has 9 heteroatoms. The number of nitrogens with one attached hydrogen (secondary N) is 1. The lowest BCUT2D eigenvalue weighted by Gasteiger charge is -2.09. The number of aromatic amines is 1. The lowest BCUT2D eigenvalue weighted by atomic mass is 10.2. The summed E-state index contributed by atoms with van der Waals surface area (Å²) in [4.78, 5) is 25.5. The van der Waals surface area contributed by atoms with E-state index in [9.17, 15) is 22.8 Å². The first-order chi connectivity index (χ1) is 8.76. The van der Waals surface area contributed by atoms with Crippen LogP contribution >= 0.6 is 11.6 Å². The van der Waals surface area contributed by atoms with Crippen molar-refractivity contribution in [1.82, 2.24) is 9.55 Å². The zero-order chi connectivity index (χ0) is 14.6. The minimum absolute atomic E-state index is 0.0510. The molecule has 0 fully saturated rings. The van der Waals surface area contributed by atoms with Crippen LogP contribution in [-0.4, -0.2) is 28.9 Å². The van der Waals surface area contributed by atoms with Crippen LogP contribution in [-0.2, 0) is 17.7 Å². The monoisotopic (exact) mass is 300 g/mol. The molecule has 0 aliphatic carbocycles. The molecule has 1 heterocycles. The zero-order valence-electron chi connectivity index (χ0n) is 10.0. The molecule has 0 spiro atoms. The van der Waals surface area contributed by atoms with Gasteiger partial charge in [-0.1, -0.05) is 18.5 Å². The fraction of sp³-hybridized carbons (Fsp3) is 0.600. The summed E-state index contributed by atoms with van der Waals surface area (Å²) in [6.07, 6.45) is -4.14. The fourth-order valence-corrected chi connectivity index (χ4v) is 1.73. The number of hydrogen-bond donors (Lipinski definition) is 1. The van der Waals surface area contributed by atoms with Gasteiger partial charge in [0, 0.05) is 0 Å². The summed E-state index contributed by atoms with van der Waals surface area (Å²) >= 11 is 5.68. The van der Waals surface area contributed by atoms with E-state index >= 15 is 0 Å². The van der Waals surface area contributed by atoms with Crippen LogP contribution in [0.2, 0.25) is 5.15 Å². The Morgan fingerprint density at radius 1 is 1.37 bits per heavy atom. The summed E-state index contributed by atoms with van der Waals surface area (Å²) in [6.45, 7) is -0.416. The number of alkyl halides is 3. The van der Waals surface area contributed by atoms with Crippen molar-refractivity contribution in [3.05, 3.63) is 31.6 Å². The van der Waals surface area contributed by atoms with Crippen LogP contribution in [0.25, 0.3) is 0 Å². The lowest BCUT2D eigenvalue weighted by molar-refractivity contribution is -0.174. The van der Waals surface area contributed by atoms with E-state index in [1.807, 2.05) is 0 Å². The van der Waals surface area contributed by atoms with E-state index in [4.69, 9.17) is 11.6 Å². The quantitative estimate of drug-likeness (QED) is 0.659. The maximum absolute atomic E-state index is 11.8. The third kappa shape index (κ3) is 4.39. The predicted octanol–water partition coefficient (Wildman–Crippen LogP) is 1.33. The molecule has 0 aliphatic heterocycles. The van der Waals surface area contributed by atoms with Crippen LogP contribution in [0.1, 0.15) is 12.5 Å². The average Bonchev–Trinajstić information content (AvgIpc) is 2.26. The molecule has 1 aromatic heterocycles. The number of rotatable bonds is 5. The molecule has 0 aromatic carbocycles. The van der Waals surface area contributed by atoms with E-state index in [0.717, 1.165) is 4.57 Å². The Morgan fingerprint density at radius 3 is 2.53 bits per heavy atom. The van der Waals surface area contributed by atoms with Gasteiger partial charge in [-0.25, -0.2) is 4.79 Å². The third-order valence-electron chi connectivity index (χ3n) is 2.31. The first kappa shape index (κ1) is 15.8. The molecule has 5 nitrogen and oxygen atoms in total. The van der Waals surface area contributed by atoms with E-state index in [-0.39, 0.29) is 17.3 Å². The van der Waals surface area contributed by atoms with Crippen molar-refractivity contribution in [2.24, 2.45) is 0 Å². The second-order valence-corrected chi connectivity index (χ2v) is 4.08. The van der Waals surface area contributed by atoms with Crippen molar-refractivity contribution < 1.29 is 17.9 Å². The highest BCUT2D eigenvalue weighted by Gasteiger charge is 2.27. The molecule has 0 radical (unpaired) electrons. The Balaban J connectivity index is 2.80. The number of aromatic nitrogens is 2. The van der Waals surface area contributed by atoms with E-state index in [0.29, 0.717) is 6.42 Å². The summed E-state index contributed by atoms with van der Waals surface area (Å²) in [5.74, 6) is 0. The van der Waals surface area contributed by atoms with Crippen molar-refractivity contribution in [2.45, 2.75) is 26.1 Å². The second-order valence-electron chi connectivity index (χ2n) is 3.70. The van der Waals surface area contributed by atoms with Crippen molar-refractivity contribution in [1.29, 1.82) is 0 Å². The summed E-state index contributed by atoms with van der Waals surface area (Å²) in [7, 11) is 0. The molecule has 0 bridgehead atoms. The molecule has 0 aliphatic rings. The van der Waals surface area contributed by atoms with Crippen LogP contribution in [0, 0.1) is 0 Å². The Labute approximate surface area is 111 Å². The third-order valence-corrected chi connectivity index (χ3v) is 2.63. The van der Waals surface area contributed by atoms with E-state index in [2.05, 4.69) is 9.72 Å². The summed E-state index contributed by atoms with van der Waals surface area (Å²) in [5, 5.41) is -0.0510. The highest BCUT2D eigenvalue weighted by Crippen LogP contribution is 2.14. The Kier molecular flexibility index (Phi) is 5.19. The Hall–Kier alpha value is -1.28. The van der Waals surface area contributed by atoms with E-state index < -0.39 is 30.6 Å². The Bertz CT molecular complexity index is 550. The summed E-state index contributed by atoms with van der Waals surface area (Å²) in [6, 6.07) is 0. The Morgan fingerprint density at radius 2 is 2.00 bits per heavy atom. The van der Waals surface area contributed by atoms with Crippen molar-refractivity contribution in [2.75, 3.05) is 13.2 Å². The van der Waals surface area contributed by atoms with Gasteiger partial charge >= 0.3 is 11.9 Å². The number of halogens is 4. The van der Waals surface area contributed by atoms with Gasteiger partial charge in [0.1, 0.15) is 11.8 Å². The molecule has 1 aromatic rings. The van der Waals surface area contributed by atoms with Crippen molar-refractivity contribution >= 4 is 11.6 Å². The first-order valence-corrected chi connectivity index (χ1v) is 5.80. The largest absolute Gasteiger partial charge is 0.411 e. The van der Waals surface area contributed by atoms with Crippen LogP contribution in [0.15, 0.2) is 9.59 Å². The molecule has 0 saturated carbocycles. The SMILES string of the molecule is CCc1c(Cl)[nH]c(=O)n(CCOCC(F)(F)F)c1=O. The minimum Gasteiger partial charge on any atom is -0.370 e. The molecule has 1 N–H and O–H groups in total. The van der Waals surface area contributed by atoms with Crippen molar-refractivity contribution in [3.63, 3.8) is 0 Å². The van der Waals surface area contributed by atoms with Crippen LogP contribution in [0.4, 0.5) is 13.2 Å². The van der Waals surface area contributed by atoms with Crippen LogP contribution in [0.3, 0.4) is 0 Å². The molecule has 0 amide bonds. The maximum atomic E-state index is 11.8. The number of H-pyrrole nitrogens is 1. The van der Waals surface area contributed by atoms with Gasteiger partial charge in [-0.15, -0.1) is 0 Å². The molecule has 0 atom stereocenters. The van der Waals surface area contributed by atoms with Gasteiger partial charge in [-0.3, -0.25) is 14.3 Å². The standard InChI is InChI=1S/C10H12ClF3N2O3/c1-2-6-7(11)15-9(18)16(8(6)17)3-4-19-5-10(12,13)14/h2-5H2,1H3,(H,15,18). The predicted molar refractivity (Wildman–Crippen MR) is 62.6 cm³/mol. The van der Waals surface area contributed by atoms with Gasteiger partial charge in [0.15, 0.2) is 0 Å². The van der Waals surface area contributed by atoms with Gasteiger partial charge in [0.05, 0.1) is 18.7 Å². The van der Waals surface area contributed by atoms with Gasteiger partial charge in [0.25, 0.3) is 5.56 Å². The number of hydrogen-bond acceptors (Lipinski definition) is 3. The highest BCUT2D eigenvalue weighted by molar-refractivity contribution is 6.30. The van der Waals surface area contributed by atoms with Crippen molar-refractivity contribution in [3.8, 4) is 0 Å². The van der Waals surface area contributed by atoms with Gasteiger partial charge < -0.3 is 4.74 Å². The molecule has 0 unspecified atom stereocenters. The molecule has 19 heavy (non-hydrogen) atoms. The molecule has 1 rings (SSSR count). The minimum atomic E-state index is -4.44. The normalized spacial score (nSPS) is 11.8. The van der Waals surface area contributed by atoms with Crippen LogP contribution in [0.5, 0.6) is 0 Å². The zero-order valence-corrected chi connectivity index (χ0v) is 10.8. The van der Waals surface area contributed by atoms with Crippen LogP contribution < -0.4 is 11.2 Å². The summed E-state index contributed by atoms with van der Waals surface area (Å²) in [5.41, 5.74) is -1.19. The number of nitrogens with zero attached hydrogens (tertiary/aromatic N) is 1. The average molecular weight is 301 g/mol. The molecular weight excluding hydrogens is 289 g/mol.